The fraction of sp³-hybridized carbons (Fsp3) is 0.529. The van der Waals surface area contributed by atoms with E-state index < -0.39 is 20.3 Å². The Morgan fingerprint density at radius 3 is 2.39 bits per heavy atom. The summed E-state index contributed by atoms with van der Waals surface area (Å²) in [5.41, 5.74) is 0.899. The van der Waals surface area contributed by atoms with Gasteiger partial charge in [0.15, 0.2) is 8.32 Å². The molecule has 0 heterocycles. The van der Waals surface area contributed by atoms with Crippen LogP contribution in [0.3, 0.4) is 0 Å². The highest BCUT2D eigenvalue weighted by Gasteiger charge is 2.38. The molecule has 1 N–H and O–H groups in total. The van der Waals surface area contributed by atoms with Crippen LogP contribution in [-0.2, 0) is 25.4 Å². The summed E-state index contributed by atoms with van der Waals surface area (Å²) in [6, 6.07) is 8.62. The van der Waals surface area contributed by atoms with Crippen molar-refractivity contribution in [3.8, 4) is 0 Å². The lowest BCUT2D eigenvalue weighted by Crippen LogP contribution is -2.48. The summed E-state index contributed by atoms with van der Waals surface area (Å²) < 4.78 is 11.3. The fourth-order valence-electron chi connectivity index (χ4n) is 1.60. The number of esters is 1. The van der Waals surface area contributed by atoms with Crippen molar-refractivity contribution in [1.82, 2.24) is 5.32 Å². The first-order valence-corrected chi connectivity index (χ1v) is 10.6. The van der Waals surface area contributed by atoms with Gasteiger partial charge in [-0.15, -0.1) is 0 Å². The Morgan fingerprint density at radius 1 is 1.26 bits per heavy atom. The molecule has 0 aromatic heterocycles. The molecule has 1 rings (SSSR count). The molecule has 0 bridgehead atoms. The molecule has 0 aliphatic carbocycles. The predicted octanol–water partition coefficient (Wildman–Crippen LogP) is 2.87. The molecule has 0 saturated carbocycles. The van der Waals surface area contributed by atoms with E-state index in [4.69, 9.17) is 9.16 Å². The number of hydrogen-bond donors (Lipinski definition) is 1. The minimum atomic E-state index is -1.99. The van der Waals surface area contributed by atoms with Gasteiger partial charge in [-0.25, -0.2) is 4.79 Å². The zero-order valence-electron chi connectivity index (χ0n) is 14.6. The molecule has 0 fully saturated rings. The van der Waals surface area contributed by atoms with E-state index in [0.717, 1.165) is 5.56 Å². The van der Waals surface area contributed by atoms with E-state index in [9.17, 15) is 9.59 Å². The highest BCUT2D eigenvalue weighted by molar-refractivity contribution is 6.74. The van der Waals surface area contributed by atoms with Crippen LogP contribution in [0.25, 0.3) is 0 Å². The zero-order valence-corrected chi connectivity index (χ0v) is 15.6. The van der Waals surface area contributed by atoms with Crippen LogP contribution < -0.4 is 5.32 Å². The van der Waals surface area contributed by atoms with Crippen LogP contribution >= 0.6 is 0 Å². The lowest BCUT2D eigenvalue weighted by molar-refractivity contribution is -0.149. The van der Waals surface area contributed by atoms with E-state index in [1.807, 2.05) is 30.3 Å². The maximum Gasteiger partial charge on any atom is 0.331 e. The van der Waals surface area contributed by atoms with Crippen molar-refractivity contribution in [2.75, 3.05) is 6.61 Å². The van der Waals surface area contributed by atoms with E-state index >= 15 is 0 Å². The quantitative estimate of drug-likeness (QED) is 0.450. The van der Waals surface area contributed by atoms with Gasteiger partial charge in [0, 0.05) is 0 Å². The van der Waals surface area contributed by atoms with E-state index in [-0.39, 0.29) is 18.3 Å². The third kappa shape index (κ3) is 6.15. The molecule has 0 unspecified atom stereocenters. The Hall–Kier alpha value is -1.66. The summed E-state index contributed by atoms with van der Waals surface area (Å²) in [4.78, 5) is 22.9. The SMILES string of the molecule is CC(C)(C)[Si](C)(C)OC[C@H](NC=O)C(=O)OCc1ccccc1. The molecule has 6 heteroatoms. The molecule has 23 heavy (non-hydrogen) atoms. The van der Waals surface area contributed by atoms with Gasteiger partial charge in [-0.1, -0.05) is 51.1 Å². The second-order valence-corrected chi connectivity index (χ2v) is 11.8. The van der Waals surface area contributed by atoms with Crippen molar-refractivity contribution >= 4 is 20.7 Å². The van der Waals surface area contributed by atoms with Crippen molar-refractivity contribution in [2.45, 2.75) is 51.6 Å². The monoisotopic (exact) mass is 337 g/mol. The van der Waals surface area contributed by atoms with E-state index in [0.29, 0.717) is 6.41 Å². The predicted molar refractivity (Wildman–Crippen MR) is 92.4 cm³/mol. The number of ether oxygens (including phenoxy) is 1. The molecule has 0 saturated heterocycles. The van der Waals surface area contributed by atoms with Crippen molar-refractivity contribution < 1.29 is 18.8 Å². The molecule has 1 amide bonds. The number of hydrogen-bond acceptors (Lipinski definition) is 4. The molecular formula is C17H27NO4Si. The van der Waals surface area contributed by atoms with Crippen LogP contribution in [0.4, 0.5) is 0 Å². The number of amides is 1. The summed E-state index contributed by atoms with van der Waals surface area (Å²) in [7, 11) is -1.99. The van der Waals surface area contributed by atoms with E-state index in [1.165, 1.54) is 0 Å². The molecular weight excluding hydrogens is 310 g/mol. The van der Waals surface area contributed by atoms with E-state index in [2.05, 4.69) is 39.2 Å². The number of nitrogens with one attached hydrogen (secondary N) is 1. The lowest BCUT2D eigenvalue weighted by atomic mass is 10.2. The van der Waals surface area contributed by atoms with Crippen LogP contribution in [0, 0.1) is 0 Å². The molecule has 1 aromatic rings. The minimum absolute atomic E-state index is 0.0344. The second-order valence-electron chi connectivity index (χ2n) is 7.00. The maximum atomic E-state index is 12.2. The minimum Gasteiger partial charge on any atom is -0.459 e. The maximum absolute atomic E-state index is 12.2. The number of carbonyl (C=O) groups is 2. The van der Waals surface area contributed by atoms with Crippen molar-refractivity contribution in [2.24, 2.45) is 0 Å². The standard InChI is InChI=1S/C17H27NO4Si/c1-17(2,3)23(4,5)22-12-15(18-13-19)16(20)21-11-14-9-7-6-8-10-14/h6-10,13,15H,11-12H2,1-5H3,(H,18,19)/t15-/m0/s1. The smallest absolute Gasteiger partial charge is 0.331 e. The van der Waals surface area contributed by atoms with Crippen LogP contribution in [0.5, 0.6) is 0 Å². The van der Waals surface area contributed by atoms with Gasteiger partial charge in [-0.2, -0.15) is 0 Å². The summed E-state index contributed by atoms with van der Waals surface area (Å²) in [6.07, 6.45) is 0.503. The molecule has 0 aliphatic rings. The normalized spacial score (nSPS) is 13.3. The molecule has 5 nitrogen and oxygen atoms in total. The Morgan fingerprint density at radius 2 is 1.87 bits per heavy atom. The largest absolute Gasteiger partial charge is 0.459 e. The third-order valence-electron chi connectivity index (χ3n) is 4.19. The molecule has 0 aliphatic heterocycles. The Balaban J connectivity index is 2.59. The van der Waals surface area contributed by atoms with Gasteiger partial charge in [-0.05, 0) is 23.7 Å². The molecule has 0 radical (unpaired) electrons. The van der Waals surface area contributed by atoms with Gasteiger partial charge in [0.1, 0.15) is 12.6 Å². The molecule has 1 atom stereocenters. The van der Waals surface area contributed by atoms with Gasteiger partial charge >= 0.3 is 5.97 Å². The lowest BCUT2D eigenvalue weighted by Gasteiger charge is -2.36. The Labute approximate surface area is 139 Å². The van der Waals surface area contributed by atoms with Gasteiger partial charge < -0.3 is 14.5 Å². The zero-order chi connectivity index (χ0) is 17.5. The fourth-order valence-corrected chi connectivity index (χ4v) is 2.62. The summed E-state index contributed by atoms with van der Waals surface area (Å²) in [5, 5.41) is 2.52. The number of rotatable bonds is 8. The molecule has 0 spiro atoms. The van der Waals surface area contributed by atoms with Gasteiger partial charge in [0.25, 0.3) is 0 Å². The first-order chi connectivity index (χ1) is 10.7. The first kappa shape index (κ1) is 19.4. The molecule has 128 valence electrons. The summed E-state index contributed by atoms with van der Waals surface area (Å²) in [6.45, 7) is 10.9. The first-order valence-electron chi connectivity index (χ1n) is 7.71. The topological polar surface area (TPSA) is 64.6 Å². The Kier molecular flexibility index (Phi) is 6.96. The summed E-state index contributed by atoms with van der Waals surface area (Å²) >= 11 is 0. The number of benzene rings is 1. The summed E-state index contributed by atoms with van der Waals surface area (Å²) in [5.74, 6) is -0.486. The van der Waals surface area contributed by atoms with Gasteiger partial charge in [0.05, 0.1) is 6.61 Å². The van der Waals surface area contributed by atoms with Crippen LogP contribution in [-0.4, -0.2) is 33.3 Å². The van der Waals surface area contributed by atoms with Crippen LogP contribution in [0.2, 0.25) is 18.1 Å². The van der Waals surface area contributed by atoms with Gasteiger partial charge in [0.2, 0.25) is 6.41 Å². The molecule has 1 aromatic carbocycles. The van der Waals surface area contributed by atoms with Crippen molar-refractivity contribution in [3.05, 3.63) is 35.9 Å². The van der Waals surface area contributed by atoms with Crippen molar-refractivity contribution in [3.63, 3.8) is 0 Å². The Bertz CT molecular complexity index is 511. The van der Waals surface area contributed by atoms with Crippen LogP contribution in [0.1, 0.15) is 26.3 Å². The van der Waals surface area contributed by atoms with Crippen LogP contribution in [0.15, 0.2) is 30.3 Å². The third-order valence-corrected chi connectivity index (χ3v) is 8.70. The van der Waals surface area contributed by atoms with Gasteiger partial charge in [-0.3, -0.25) is 4.79 Å². The average Bonchev–Trinajstić information content (AvgIpc) is 2.49. The van der Waals surface area contributed by atoms with E-state index in [1.54, 1.807) is 0 Å². The number of carbonyl (C=O) groups excluding carboxylic acids is 2. The average molecular weight is 337 g/mol. The second kappa shape index (κ2) is 8.26. The highest BCUT2D eigenvalue weighted by Crippen LogP contribution is 2.36. The highest BCUT2D eigenvalue weighted by atomic mass is 28.4. The van der Waals surface area contributed by atoms with Crippen molar-refractivity contribution in [1.29, 1.82) is 0 Å².